The molecule has 1 aromatic carbocycles. The van der Waals surface area contributed by atoms with Crippen LogP contribution in [-0.2, 0) is 9.53 Å². The Kier molecular flexibility index (Phi) is 6.60. The summed E-state index contributed by atoms with van der Waals surface area (Å²) in [6.45, 7) is 6.86. The zero-order valence-corrected chi connectivity index (χ0v) is 13.3. The summed E-state index contributed by atoms with van der Waals surface area (Å²) < 4.78 is 5.29. The highest BCUT2D eigenvalue weighted by Crippen LogP contribution is 2.10. The van der Waals surface area contributed by atoms with Crippen LogP contribution in [0.2, 0.25) is 0 Å². The van der Waals surface area contributed by atoms with Crippen molar-refractivity contribution < 1.29 is 9.53 Å². The number of amides is 1. The zero-order valence-electron chi connectivity index (χ0n) is 13.3. The van der Waals surface area contributed by atoms with Gasteiger partial charge in [-0.3, -0.25) is 9.69 Å². The van der Waals surface area contributed by atoms with Crippen LogP contribution in [0, 0.1) is 18.3 Å². The fourth-order valence-corrected chi connectivity index (χ4v) is 2.29. The first-order valence-corrected chi connectivity index (χ1v) is 7.71. The standard InChI is InChI=1S/C17H22N4O2/c1-14-3-2-4-16(11-14)20-17(22)15(12-18)13-19-5-6-21-7-9-23-10-8-21/h2-4,11,13,19H,5-10H2,1H3,(H,20,22)/b15-13-. The molecular weight excluding hydrogens is 292 g/mol. The van der Waals surface area contributed by atoms with E-state index in [-0.39, 0.29) is 5.57 Å². The van der Waals surface area contributed by atoms with E-state index in [0.29, 0.717) is 12.2 Å². The number of benzene rings is 1. The van der Waals surface area contributed by atoms with Crippen LogP contribution >= 0.6 is 0 Å². The summed E-state index contributed by atoms with van der Waals surface area (Å²) in [6.07, 6.45) is 1.48. The molecule has 1 aliphatic rings. The second kappa shape index (κ2) is 8.93. The highest BCUT2D eigenvalue weighted by atomic mass is 16.5. The van der Waals surface area contributed by atoms with E-state index in [9.17, 15) is 4.79 Å². The number of anilines is 1. The van der Waals surface area contributed by atoms with Gasteiger partial charge in [-0.15, -0.1) is 0 Å². The molecule has 1 saturated heterocycles. The summed E-state index contributed by atoms with van der Waals surface area (Å²) >= 11 is 0. The highest BCUT2D eigenvalue weighted by Gasteiger charge is 2.10. The maximum atomic E-state index is 12.1. The number of nitrogens with zero attached hydrogens (tertiary/aromatic N) is 2. The van der Waals surface area contributed by atoms with Crippen LogP contribution in [-0.4, -0.2) is 50.2 Å². The number of hydrogen-bond acceptors (Lipinski definition) is 5. The number of ether oxygens (including phenoxy) is 1. The minimum Gasteiger partial charge on any atom is -0.388 e. The van der Waals surface area contributed by atoms with Crippen LogP contribution in [0.25, 0.3) is 0 Å². The number of nitrogens with one attached hydrogen (secondary N) is 2. The Hall–Kier alpha value is -2.36. The van der Waals surface area contributed by atoms with Crippen molar-refractivity contribution in [3.8, 4) is 6.07 Å². The van der Waals surface area contributed by atoms with Gasteiger partial charge in [-0.2, -0.15) is 5.26 Å². The van der Waals surface area contributed by atoms with Gasteiger partial charge in [0, 0.05) is 38.1 Å². The van der Waals surface area contributed by atoms with E-state index in [0.717, 1.165) is 38.4 Å². The molecule has 6 nitrogen and oxygen atoms in total. The predicted molar refractivity (Wildman–Crippen MR) is 88.8 cm³/mol. The number of carbonyl (C=O) groups is 1. The Balaban J connectivity index is 1.80. The van der Waals surface area contributed by atoms with E-state index in [4.69, 9.17) is 10.00 Å². The molecular formula is C17H22N4O2. The molecule has 6 heteroatoms. The van der Waals surface area contributed by atoms with E-state index < -0.39 is 5.91 Å². The summed E-state index contributed by atoms with van der Waals surface area (Å²) in [5.41, 5.74) is 1.80. The number of carbonyl (C=O) groups excluding carboxylic acids is 1. The molecule has 2 N–H and O–H groups in total. The third kappa shape index (κ3) is 5.74. The fraction of sp³-hybridized carbons (Fsp3) is 0.412. The molecule has 0 unspecified atom stereocenters. The largest absolute Gasteiger partial charge is 0.388 e. The van der Waals surface area contributed by atoms with Gasteiger partial charge in [0.2, 0.25) is 0 Å². The van der Waals surface area contributed by atoms with Crippen molar-refractivity contribution in [1.29, 1.82) is 5.26 Å². The second-order valence-electron chi connectivity index (χ2n) is 5.40. The number of morpholine rings is 1. The van der Waals surface area contributed by atoms with Gasteiger partial charge in [0.15, 0.2) is 0 Å². The quantitative estimate of drug-likeness (QED) is 0.470. The van der Waals surface area contributed by atoms with Crippen LogP contribution in [0.4, 0.5) is 5.69 Å². The van der Waals surface area contributed by atoms with Gasteiger partial charge in [-0.25, -0.2) is 0 Å². The lowest BCUT2D eigenvalue weighted by Crippen LogP contribution is -2.39. The first-order chi connectivity index (χ1) is 11.2. The minimum atomic E-state index is -0.406. The minimum absolute atomic E-state index is 0.0634. The Morgan fingerprint density at radius 3 is 2.91 bits per heavy atom. The molecule has 1 aromatic rings. The Labute approximate surface area is 136 Å². The molecule has 122 valence electrons. The van der Waals surface area contributed by atoms with E-state index in [1.54, 1.807) is 6.07 Å². The highest BCUT2D eigenvalue weighted by molar-refractivity contribution is 6.06. The van der Waals surface area contributed by atoms with Gasteiger partial charge in [0.1, 0.15) is 11.6 Å². The van der Waals surface area contributed by atoms with Crippen molar-refractivity contribution in [3.05, 3.63) is 41.6 Å². The fourth-order valence-electron chi connectivity index (χ4n) is 2.29. The molecule has 0 radical (unpaired) electrons. The Morgan fingerprint density at radius 2 is 2.22 bits per heavy atom. The molecule has 0 atom stereocenters. The van der Waals surface area contributed by atoms with Gasteiger partial charge in [0.05, 0.1) is 13.2 Å². The van der Waals surface area contributed by atoms with Crippen molar-refractivity contribution in [2.24, 2.45) is 0 Å². The molecule has 0 aliphatic carbocycles. The summed E-state index contributed by atoms with van der Waals surface area (Å²) in [7, 11) is 0. The SMILES string of the molecule is Cc1cccc(NC(=O)/C(C#N)=C\NCCN2CCOCC2)c1. The zero-order chi connectivity index (χ0) is 16.5. The molecule has 23 heavy (non-hydrogen) atoms. The molecule has 1 aliphatic heterocycles. The van der Waals surface area contributed by atoms with Crippen molar-refractivity contribution in [2.75, 3.05) is 44.7 Å². The topological polar surface area (TPSA) is 77.4 Å². The maximum Gasteiger partial charge on any atom is 0.267 e. The van der Waals surface area contributed by atoms with Gasteiger partial charge in [-0.05, 0) is 24.6 Å². The number of rotatable bonds is 6. The molecule has 1 fully saturated rings. The molecule has 0 aromatic heterocycles. The lowest BCUT2D eigenvalue weighted by Gasteiger charge is -2.26. The van der Waals surface area contributed by atoms with Gasteiger partial charge >= 0.3 is 0 Å². The second-order valence-corrected chi connectivity index (χ2v) is 5.40. The van der Waals surface area contributed by atoms with Gasteiger partial charge in [-0.1, -0.05) is 12.1 Å². The third-order valence-corrected chi connectivity index (χ3v) is 3.56. The van der Waals surface area contributed by atoms with Crippen molar-refractivity contribution in [3.63, 3.8) is 0 Å². The normalized spacial score (nSPS) is 15.7. The maximum absolute atomic E-state index is 12.1. The predicted octanol–water partition coefficient (Wildman–Crippen LogP) is 1.26. The van der Waals surface area contributed by atoms with Crippen LogP contribution in [0.15, 0.2) is 36.0 Å². The number of nitriles is 1. The van der Waals surface area contributed by atoms with Crippen LogP contribution in [0.1, 0.15) is 5.56 Å². The first-order valence-electron chi connectivity index (χ1n) is 7.71. The summed E-state index contributed by atoms with van der Waals surface area (Å²) in [4.78, 5) is 14.4. The van der Waals surface area contributed by atoms with Crippen molar-refractivity contribution in [2.45, 2.75) is 6.92 Å². The molecule has 1 heterocycles. The Morgan fingerprint density at radius 1 is 1.43 bits per heavy atom. The average Bonchev–Trinajstić information content (AvgIpc) is 2.56. The summed E-state index contributed by atoms with van der Waals surface area (Å²) in [5.74, 6) is -0.406. The Bertz CT molecular complexity index is 601. The number of aryl methyl sites for hydroxylation is 1. The summed E-state index contributed by atoms with van der Waals surface area (Å²) in [5, 5.41) is 14.9. The lowest BCUT2D eigenvalue weighted by molar-refractivity contribution is -0.112. The van der Waals surface area contributed by atoms with Crippen LogP contribution in [0.5, 0.6) is 0 Å². The van der Waals surface area contributed by atoms with E-state index in [1.165, 1.54) is 6.20 Å². The molecule has 2 rings (SSSR count). The van der Waals surface area contributed by atoms with E-state index in [1.807, 2.05) is 31.2 Å². The molecule has 1 amide bonds. The van der Waals surface area contributed by atoms with Crippen molar-refractivity contribution >= 4 is 11.6 Å². The molecule has 0 saturated carbocycles. The first kappa shape index (κ1) is 17.0. The van der Waals surface area contributed by atoms with Gasteiger partial charge < -0.3 is 15.4 Å². The van der Waals surface area contributed by atoms with Crippen LogP contribution in [0.3, 0.4) is 0 Å². The molecule has 0 spiro atoms. The molecule has 0 bridgehead atoms. The lowest BCUT2D eigenvalue weighted by atomic mass is 10.2. The van der Waals surface area contributed by atoms with Crippen molar-refractivity contribution in [1.82, 2.24) is 10.2 Å². The smallest absolute Gasteiger partial charge is 0.267 e. The number of hydrogen-bond donors (Lipinski definition) is 2. The van der Waals surface area contributed by atoms with Crippen LogP contribution < -0.4 is 10.6 Å². The van der Waals surface area contributed by atoms with E-state index >= 15 is 0 Å². The van der Waals surface area contributed by atoms with Gasteiger partial charge in [0.25, 0.3) is 5.91 Å². The third-order valence-electron chi connectivity index (χ3n) is 3.56. The average molecular weight is 314 g/mol. The summed E-state index contributed by atoms with van der Waals surface area (Å²) in [6, 6.07) is 9.40. The van der Waals surface area contributed by atoms with E-state index in [2.05, 4.69) is 15.5 Å². The monoisotopic (exact) mass is 314 g/mol.